The highest BCUT2D eigenvalue weighted by molar-refractivity contribution is 7.80. The van der Waals surface area contributed by atoms with E-state index in [0.717, 1.165) is 49.1 Å². The van der Waals surface area contributed by atoms with Crippen LogP contribution in [0.4, 0.5) is 11.4 Å². The molecule has 4 heterocycles. The topological polar surface area (TPSA) is 54.8 Å². The summed E-state index contributed by atoms with van der Waals surface area (Å²) in [4.78, 5) is 9.30. The SMILES string of the molecule is COc1ccc(N2C(=S)NC(c3ccccn3)C2c2cc(C)n(-c3ccc(N4CCOCC4)cc3)c2C)cc1. The minimum Gasteiger partial charge on any atom is -0.497 e. The average Bonchev–Trinajstić information content (AvgIpc) is 3.48. The molecule has 39 heavy (non-hydrogen) atoms. The van der Waals surface area contributed by atoms with Crippen molar-refractivity contribution in [1.29, 1.82) is 0 Å². The lowest BCUT2D eigenvalue weighted by atomic mass is 9.96. The third-order valence-corrected chi connectivity index (χ3v) is 8.04. The number of hydrogen-bond donors (Lipinski definition) is 1. The molecule has 2 saturated heterocycles. The first-order valence-electron chi connectivity index (χ1n) is 13.3. The summed E-state index contributed by atoms with van der Waals surface area (Å²) in [5, 5.41) is 4.26. The lowest BCUT2D eigenvalue weighted by Gasteiger charge is -2.29. The van der Waals surface area contributed by atoms with Gasteiger partial charge in [-0.2, -0.15) is 0 Å². The van der Waals surface area contributed by atoms with Crippen molar-refractivity contribution in [1.82, 2.24) is 14.9 Å². The van der Waals surface area contributed by atoms with Crippen LogP contribution in [0, 0.1) is 13.8 Å². The van der Waals surface area contributed by atoms with E-state index in [4.69, 9.17) is 26.7 Å². The van der Waals surface area contributed by atoms with Gasteiger partial charge in [-0.25, -0.2) is 0 Å². The number of anilines is 2. The fourth-order valence-corrected chi connectivity index (χ4v) is 6.16. The highest BCUT2D eigenvalue weighted by Crippen LogP contribution is 2.44. The molecule has 1 N–H and O–H groups in total. The Morgan fingerprint density at radius 3 is 2.28 bits per heavy atom. The van der Waals surface area contributed by atoms with Crippen LogP contribution in [0.25, 0.3) is 5.69 Å². The van der Waals surface area contributed by atoms with Crippen LogP contribution in [0.2, 0.25) is 0 Å². The lowest BCUT2D eigenvalue weighted by molar-refractivity contribution is 0.122. The zero-order chi connectivity index (χ0) is 26.9. The Labute approximate surface area is 235 Å². The van der Waals surface area contributed by atoms with Crippen molar-refractivity contribution in [2.75, 3.05) is 43.2 Å². The monoisotopic (exact) mass is 539 g/mol. The maximum absolute atomic E-state index is 5.93. The van der Waals surface area contributed by atoms with E-state index < -0.39 is 0 Å². The molecule has 8 heteroatoms. The number of aryl methyl sites for hydroxylation is 1. The average molecular weight is 540 g/mol. The summed E-state index contributed by atoms with van der Waals surface area (Å²) < 4.78 is 13.3. The lowest BCUT2D eigenvalue weighted by Crippen LogP contribution is -2.36. The molecule has 7 nitrogen and oxygen atoms in total. The van der Waals surface area contributed by atoms with Crippen LogP contribution in [0.1, 0.15) is 34.7 Å². The molecule has 2 aliphatic heterocycles. The second-order valence-corrected chi connectivity index (χ2v) is 10.4. The fraction of sp³-hybridized carbons (Fsp3) is 0.290. The van der Waals surface area contributed by atoms with E-state index in [1.807, 2.05) is 30.5 Å². The zero-order valence-electron chi connectivity index (χ0n) is 22.5. The van der Waals surface area contributed by atoms with E-state index in [2.05, 4.69) is 82.1 Å². The number of hydrogen-bond acceptors (Lipinski definition) is 5. The Morgan fingerprint density at radius 1 is 0.923 bits per heavy atom. The molecule has 2 aromatic carbocycles. The second kappa shape index (κ2) is 10.7. The van der Waals surface area contributed by atoms with E-state index in [9.17, 15) is 0 Å². The van der Waals surface area contributed by atoms with Crippen molar-refractivity contribution in [3.8, 4) is 11.4 Å². The van der Waals surface area contributed by atoms with Gasteiger partial charge in [0.2, 0.25) is 0 Å². The smallest absolute Gasteiger partial charge is 0.174 e. The molecule has 0 aliphatic carbocycles. The first kappa shape index (κ1) is 25.4. The molecule has 6 rings (SSSR count). The molecule has 0 radical (unpaired) electrons. The van der Waals surface area contributed by atoms with Gasteiger partial charge in [-0.15, -0.1) is 0 Å². The first-order valence-corrected chi connectivity index (χ1v) is 13.7. The molecular weight excluding hydrogens is 506 g/mol. The quantitative estimate of drug-likeness (QED) is 0.324. The molecular formula is C31H33N5O2S. The van der Waals surface area contributed by atoms with Crippen LogP contribution >= 0.6 is 12.2 Å². The molecule has 0 spiro atoms. The van der Waals surface area contributed by atoms with Crippen LogP contribution in [-0.2, 0) is 4.74 Å². The van der Waals surface area contributed by atoms with Crippen molar-refractivity contribution in [2.24, 2.45) is 0 Å². The zero-order valence-corrected chi connectivity index (χ0v) is 23.3. The Kier molecular flexibility index (Phi) is 6.97. The summed E-state index contributed by atoms with van der Waals surface area (Å²) in [5.41, 5.74) is 7.92. The number of methoxy groups -OCH3 is 1. The number of ether oxygens (including phenoxy) is 2. The van der Waals surface area contributed by atoms with E-state index in [1.54, 1.807) is 7.11 Å². The Bertz CT molecular complexity index is 1450. The van der Waals surface area contributed by atoms with Crippen LogP contribution in [0.5, 0.6) is 5.75 Å². The van der Waals surface area contributed by atoms with Gasteiger partial charge in [0.1, 0.15) is 5.75 Å². The molecule has 200 valence electrons. The third-order valence-electron chi connectivity index (χ3n) is 7.72. The van der Waals surface area contributed by atoms with Crippen molar-refractivity contribution in [2.45, 2.75) is 25.9 Å². The Morgan fingerprint density at radius 2 is 1.62 bits per heavy atom. The first-order chi connectivity index (χ1) is 19.0. The Hall–Kier alpha value is -3.88. The van der Waals surface area contributed by atoms with Gasteiger partial charge < -0.3 is 29.2 Å². The molecule has 0 bridgehead atoms. The van der Waals surface area contributed by atoms with Gasteiger partial charge in [-0.3, -0.25) is 4.98 Å². The molecule has 2 fully saturated rings. The van der Waals surface area contributed by atoms with Crippen molar-refractivity contribution in [3.05, 3.63) is 102 Å². The van der Waals surface area contributed by atoms with Gasteiger partial charge in [-0.05, 0) is 98.4 Å². The second-order valence-electron chi connectivity index (χ2n) is 9.97. The summed E-state index contributed by atoms with van der Waals surface area (Å²) in [5.74, 6) is 0.813. The van der Waals surface area contributed by atoms with E-state index in [1.165, 1.54) is 22.6 Å². The van der Waals surface area contributed by atoms with Crippen molar-refractivity contribution >= 4 is 28.7 Å². The highest BCUT2D eigenvalue weighted by atomic mass is 32.1. The predicted molar refractivity (Wildman–Crippen MR) is 159 cm³/mol. The van der Waals surface area contributed by atoms with Crippen LogP contribution < -0.4 is 19.9 Å². The molecule has 2 aromatic heterocycles. The number of rotatable bonds is 6. The number of thiocarbonyl (C=S) groups is 1. The maximum atomic E-state index is 5.93. The summed E-state index contributed by atoms with van der Waals surface area (Å²) in [7, 11) is 1.68. The molecule has 4 aromatic rings. The predicted octanol–water partition coefficient (Wildman–Crippen LogP) is 5.51. The number of aromatic nitrogens is 2. The number of morpholine rings is 1. The number of nitrogens with zero attached hydrogens (tertiary/aromatic N) is 4. The van der Waals surface area contributed by atoms with Crippen LogP contribution in [-0.4, -0.2) is 48.1 Å². The maximum Gasteiger partial charge on any atom is 0.174 e. The van der Waals surface area contributed by atoms with Crippen molar-refractivity contribution < 1.29 is 9.47 Å². The highest BCUT2D eigenvalue weighted by Gasteiger charge is 2.42. The number of benzene rings is 2. The third kappa shape index (κ3) is 4.75. The van der Waals surface area contributed by atoms with Gasteiger partial charge in [0, 0.05) is 47.7 Å². The van der Waals surface area contributed by atoms with E-state index >= 15 is 0 Å². The van der Waals surface area contributed by atoms with Gasteiger partial charge in [-0.1, -0.05) is 6.07 Å². The largest absolute Gasteiger partial charge is 0.497 e. The fourth-order valence-electron chi connectivity index (χ4n) is 5.81. The van der Waals surface area contributed by atoms with E-state index in [-0.39, 0.29) is 12.1 Å². The van der Waals surface area contributed by atoms with Crippen molar-refractivity contribution in [3.63, 3.8) is 0 Å². The van der Waals surface area contributed by atoms with Gasteiger partial charge in [0.05, 0.1) is 38.1 Å². The molecule has 0 saturated carbocycles. The minimum absolute atomic E-state index is 0.0756. The van der Waals surface area contributed by atoms with E-state index in [0.29, 0.717) is 5.11 Å². The van der Waals surface area contributed by atoms with Crippen LogP contribution in [0.15, 0.2) is 79.0 Å². The van der Waals surface area contributed by atoms with Crippen LogP contribution in [0.3, 0.4) is 0 Å². The summed E-state index contributed by atoms with van der Waals surface area (Å²) in [6.07, 6.45) is 1.84. The molecule has 0 amide bonds. The number of pyridine rings is 1. The summed E-state index contributed by atoms with van der Waals surface area (Å²) in [6.45, 7) is 7.77. The van der Waals surface area contributed by atoms with Gasteiger partial charge >= 0.3 is 0 Å². The standard InChI is InChI=1S/C31H33N5O2S/c1-21-20-27(22(2)35(21)24-9-7-23(8-10-24)34-16-18-38-19-17-34)30-29(28-6-4-5-15-32-28)33-31(39)36(30)25-11-13-26(37-3)14-12-25/h4-15,20,29-30H,16-19H2,1-3H3,(H,33,39). The molecule has 2 unspecified atom stereocenters. The van der Waals surface area contributed by atoms with Gasteiger partial charge in [0.25, 0.3) is 0 Å². The van der Waals surface area contributed by atoms with Gasteiger partial charge in [0.15, 0.2) is 5.11 Å². The molecule has 2 aliphatic rings. The minimum atomic E-state index is -0.0987. The number of nitrogens with one attached hydrogen (secondary N) is 1. The normalized spacial score (nSPS) is 19.3. The Balaban J connectivity index is 1.41. The summed E-state index contributed by atoms with van der Waals surface area (Å²) >= 11 is 5.93. The molecule has 2 atom stereocenters. The summed E-state index contributed by atoms with van der Waals surface area (Å²) in [6, 6.07) is 25.1.